The topological polar surface area (TPSA) is 75.6 Å². The first-order valence-electron chi connectivity index (χ1n) is 7.57. The minimum Gasteiger partial charge on any atom is -0.507 e. The number of rotatable bonds is 7. The summed E-state index contributed by atoms with van der Waals surface area (Å²) in [6.07, 6.45) is 0. The van der Waals surface area contributed by atoms with Crippen molar-refractivity contribution in [2.75, 3.05) is 18.9 Å². The summed E-state index contributed by atoms with van der Waals surface area (Å²) < 4.78 is 4.88. The maximum absolute atomic E-state index is 11.8. The molecule has 1 amide bonds. The number of esters is 1. The van der Waals surface area contributed by atoms with E-state index in [1.807, 2.05) is 31.2 Å². The van der Waals surface area contributed by atoms with Crippen LogP contribution in [0.15, 0.2) is 47.4 Å². The van der Waals surface area contributed by atoms with Crippen LogP contribution in [0, 0.1) is 6.92 Å². The highest BCUT2D eigenvalue weighted by atomic mass is 35.5. The van der Waals surface area contributed by atoms with Gasteiger partial charge in [0.15, 0.2) is 6.61 Å². The number of carbonyl (C=O) groups excluding carboxylic acids is 2. The standard InChI is InChI=1S/C18H18ClNO4S/c1-12-2-5-14(6-3-12)25-9-8-20-17(22)11-24-18(23)15-10-13(19)4-7-16(15)21/h2-7,10,21H,8-9,11H2,1H3,(H,20,22). The lowest BCUT2D eigenvalue weighted by atomic mass is 10.2. The number of ether oxygens (including phenoxy) is 1. The molecule has 0 radical (unpaired) electrons. The van der Waals surface area contributed by atoms with Crippen LogP contribution in [0.5, 0.6) is 5.75 Å². The third kappa shape index (κ3) is 6.32. The molecule has 25 heavy (non-hydrogen) atoms. The Kier molecular flexibility index (Phi) is 7.16. The van der Waals surface area contributed by atoms with Crippen molar-refractivity contribution in [3.63, 3.8) is 0 Å². The predicted octanol–water partition coefficient (Wildman–Crippen LogP) is 3.42. The van der Waals surface area contributed by atoms with Crippen LogP contribution in [0.4, 0.5) is 0 Å². The lowest BCUT2D eigenvalue weighted by Crippen LogP contribution is -2.30. The molecule has 0 saturated heterocycles. The molecule has 2 rings (SSSR count). The Hall–Kier alpha value is -2.18. The van der Waals surface area contributed by atoms with Gasteiger partial charge in [-0.1, -0.05) is 29.3 Å². The van der Waals surface area contributed by atoms with Crippen LogP contribution in [0.2, 0.25) is 5.02 Å². The van der Waals surface area contributed by atoms with Crippen molar-refractivity contribution in [3.8, 4) is 5.75 Å². The lowest BCUT2D eigenvalue weighted by molar-refractivity contribution is -0.124. The highest BCUT2D eigenvalue weighted by Crippen LogP contribution is 2.22. The molecule has 2 aromatic carbocycles. The Morgan fingerprint density at radius 3 is 2.64 bits per heavy atom. The molecule has 132 valence electrons. The largest absolute Gasteiger partial charge is 0.507 e. The summed E-state index contributed by atoms with van der Waals surface area (Å²) in [5.74, 6) is -0.745. The van der Waals surface area contributed by atoms with E-state index in [9.17, 15) is 14.7 Å². The van der Waals surface area contributed by atoms with Crippen LogP contribution in [0.1, 0.15) is 15.9 Å². The lowest BCUT2D eigenvalue weighted by Gasteiger charge is -2.08. The molecule has 2 N–H and O–H groups in total. The summed E-state index contributed by atoms with van der Waals surface area (Å²) in [4.78, 5) is 24.7. The van der Waals surface area contributed by atoms with E-state index in [0.717, 1.165) is 4.90 Å². The van der Waals surface area contributed by atoms with Gasteiger partial charge in [0.1, 0.15) is 11.3 Å². The Labute approximate surface area is 155 Å². The minimum atomic E-state index is -0.802. The maximum atomic E-state index is 11.8. The molecular weight excluding hydrogens is 362 g/mol. The second kappa shape index (κ2) is 9.34. The first-order chi connectivity index (χ1) is 12.0. The van der Waals surface area contributed by atoms with Crippen LogP contribution >= 0.6 is 23.4 Å². The number of halogens is 1. The maximum Gasteiger partial charge on any atom is 0.342 e. The molecule has 0 fully saturated rings. The van der Waals surface area contributed by atoms with Gasteiger partial charge >= 0.3 is 5.97 Å². The molecule has 0 bridgehead atoms. The van der Waals surface area contributed by atoms with Crippen molar-refractivity contribution < 1.29 is 19.4 Å². The average Bonchev–Trinajstić information content (AvgIpc) is 2.60. The van der Waals surface area contributed by atoms with Crippen LogP contribution in [0.3, 0.4) is 0 Å². The Morgan fingerprint density at radius 2 is 1.92 bits per heavy atom. The summed E-state index contributed by atoms with van der Waals surface area (Å²) in [6, 6.07) is 12.2. The zero-order valence-corrected chi connectivity index (χ0v) is 15.2. The molecular formula is C18H18ClNO4S. The van der Waals surface area contributed by atoms with Crippen molar-refractivity contribution >= 4 is 35.2 Å². The summed E-state index contributed by atoms with van der Waals surface area (Å²) in [5.41, 5.74) is 1.13. The fourth-order valence-electron chi connectivity index (χ4n) is 1.93. The van der Waals surface area contributed by atoms with Gasteiger partial charge in [-0.15, -0.1) is 11.8 Å². The quantitative estimate of drug-likeness (QED) is 0.438. The van der Waals surface area contributed by atoms with Crippen LogP contribution in [-0.2, 0) is 9.53 Å². The molecule has 0 heterocycles. The SMILES string of the molecule is Cc1ccc(SCCNC(=O)COC(=O)c2cc(Cl)ccc2O)cc1. The van der Waals surface area contributed by atoms with Crippen molar-refractivity contribution in [2.24, 2.45) is 0 Å². The molecule has 2 aromatic rings. The van der Waals surface area contributed by atoms with Gasteiger partial charge in [-0.3, -0.25) is 4.79 Å². The summed E-state index contributed by atoms with van der Waals surface area (Å²) in [6.45, 7) is 2.07. The second-order valence-corrected chi connectivity index (χ2v) is 6.85. The number of carbonyl (C=O) groups is 2. The van der Waals surface area contributed by atoms with Crippen LogP contribution in [-0.4, -0.2) is 35.9 Å². The zero-order valence-electron chi connectivity index (χ0n) is 13.6. The number of phenols is 1. The third-order valence-electron chi connectivity index (χ3n) is 3.23. The van der Waals surface area contributed by atoms with E-state index in [-0.39, 0.29) is 11.3 Å². The Bertz CT molecular complexity index is 749. The van der Waals surface area contributed by atoms with E-state index >= 15 is 0 Å². The number of hydrogen-bond acceptors (Lipinski definition) is 5. The second-order valence-electron chi connectivity index (χ2n) is 5.25. The predicted molar refractivity (Wildman–Crippen MR) is 98.3 cm³/mol. The highest BCUT2D eigenvalue weighted by Gasteiger charge is 2.14. The fraction of sp³-hybridized carbons (Fsp3) is 0.222. The van der Waals surface area contributed by atoms with Crippen molar-refractivity contribution in [2.45, 2.75) is 11.8 Å². The molecule has 5 nitrogen and oxygen atoms in total. The van der Waals surface area contributed by atoms with E-state index < -0.39 is 18.5 Å². The van der Waals surface area contributed by atoms with Crippen LogP contribution < -0.4 is 5.32 Å². The molecule has 0 aliphatic heterocycles. The average molecular weight is 380 g/mol. The van der Waals surface area contributed by atoms with Gasteiger partial charge in [-0.2, -0.15) is 0 Å². The minimum absolute atomic E-state index is 0.0739. The fourth-order valence-corrected chi connectivity index (χ4v) is 2.87. The van der Waals surface area contributed by atoms with E-state index in [1.54, 1.807) is 11.8 Å². The van der Waals surface area contributed by atoms with Crippen molar-refractivity contribution in [1.82, 2.24) is 5.32 Å². The van der Waals surface area contributed by atoms with Crippen molar-refractivity contribution in [1.29, 1.82) is 0 Å². The number of amides is 1. The first-order valence-corrected chi connectivity index (χ1v) is 8.94. The number of benzene rings is 2. The van der Waals surface area contributed by atoms with Gasteiger partial charge in [0, 0.05) is 22.2 Å². The van der Waals surface area contributed by atoms with Crippen LogP contribution in [0.25, 0.3) is 0 Å². The summed E-state index contributed by atoms with van der Waals surface area (Å²) >= 11 is 7.39. The van der Waals surface area contributed by atoms with Gasteiger partial charge in [0.05, 0.1) is 0 Å². The van der Waals surface area contributed by atoms with Gasteiger partial charge in [-0.25, -0.2) is 4.79 Å². The number of phenolic OH excluding ortho intramolecular Hbond substituents is 1. The smallest absolute Gasteiger partial charge is 0.342 e. The van der Waals surface area contributed by atoms with E-state index in [2.05, 4.69) is 5.32 Å². The molecule has 0 aromatic heterocycles. The number of aromatic hydroxyl groups is 1. The van der Waals surface area contributed by atoms with E-state index in [0.29, 0.717) is 17.3 Å². The Morgan fingerprint density at radius 1 is 1.20 bits per heavy atom. The number of hydrogen-bond donors (Lipinski definition) is 2. The van der Waals surface area contributed by atoms with Gasteiger partial charge in [-0.05, 0) is 37.3 Å². The molecule has 0 saturated carbocycles. The van der Waals surface area contributed by atoms with Gasteiger partial charge < -0.3 is 15.2 Å². The Balaban J connectivity index is 1.69. The first kappa shape index (κ1) is 19.1. The molecule has 0 unspecified atom stereocenters. The van der Waals surface area contributed by atoms with E-state index in [4.69, 9.17) is 16.3 Å². The monoisotopic (exact) mass is 379 g/mol. The third-order valence-corrected chi connectivity index (χ3v) is 4.48. The number of aryl methyl sites for hydroxylation is 1. The highest BCUT2D eigenvalue weighted by molar-refractivity contribution is 7.99. The normalized spacial score (nSPS) is 10.3. The van der Waals surface area contributed by atoms with Gasteiger partial charge in [0.25, 0.3) is 5.91 Å². The van der Waals surface area contributed by atoms with Gasteiger partial charge in [0.2, 0.25) is 0 Å². The zero-order chi connectivity index (χ0) is 18.2. The molecule has 0 spiro atoms. The van der Waals surface area contributed by atoms with E-state index in [1.165, 1.54) is 23.8 Å². The molecule has 0 aliphatic rings. The molecule has 0 aliphatic carbocycles. The number of nitrogens with one attached hydrogen (secondary N) is 1. The van der Waals surface area contributed by atoms with Crippen molar-refractivity contribution in [3.05, 3.63) is 58.6 Å². The molecule has 7 heteroatoms. The number of thioether (sulfide) groups is 1. The molecule has 0 atom stereocenters. The summed E-state index contributed by atoms with van der Waals surface area (Å²) in [7, 11) is 0. The summed E-state index contributed by atoms with van der Waals surface area (Å²) in [5, 5.41) is 12.6.